The molecule has 4 heteroatoms. The summed E-state index contributed by atoms with van der Waals surface area (Å²) in [5.74, 6) is 1.75. The number of unbranched alkanes of at least 4 members (excludes halogenated alkanes) is 2. The van der Waals surface area contributed by atoms with Gasteiger partial charge in [0.25, 0.3) is 0 Å². The lowest BCUT2D eigenvalue weighted by Crippen LogP contribution is -2.37. The molecule has 1 aromatic heterocycles. The Bertz CT molecular complexity index is 306. The third-order valence-electron chi connectivity index (χ3n) is 2.39. The van der Waals surface area contributed by atoms with Crippen LogP contribution >= 0.6 is 0 Å². The predicted octanol–water partition coefficient (Wildman–Crippen LogP) is 2.52. The summed E-state index contributed by atoms with van der Waals surface area (Å²) in [6.45, 7) is 6.69. The molecule has 4 nitrogen and oxygen atoms in total. The Kier molecular flexibility index (Phi) is 6.95. The number of furan rings is 1. The minimum Gasteiger partial charge on any atom is -0.467 e. The molecule has 1 rings (SSSR count). The van der Waals surface area contributed by atoms with Crippen molar-refractivity contribution in [3.8, 4) is 0 Å². The van der Waals surface area contributed by atoms with Gasteiger partial charge in [-0.25, -0.2) is 4.99 Å². The van der Waals surface area contributed by atoms with E-state index in [1.807, 2.05) is 12.1 Å². The van der Waals surface area contributed by atoms with Crippen molar-refractivity contribution >= 4 is 5.96 Å². The summed E-state index contributed by atoms with van der Waals surface area (Å²) >= 11 is 0. The van der Waals surface area contributed by atoms with E-state index in [2.05, 4.69) is 29.5 Å². The lowest BCUT2D eigenvalue weighted by Gasteiger charge is -2.10. The van der Waals surface area contributed by atoms with E-state index >= 15 is 0 Å². The fourth-order valence-electron chi connectivity index (χ4n) is 1.48. The van der Waals surface area contributed by atoms with Gasteiger partial charge in [-0.3, -0.25) is 0 Å². The molecule has 0 aliphatic heterocycles. The van der Waals surface area contributed by atoms with E-state index in [0.29, 0.717) is 6.54 Å². The molecule has 0 amide bonds. The number of hydrogen-bond donors (Lipinski definition) is 2. The van der Waals surface area contributed by atoms with Crippen LogP contribution in [-0.2, 0) is 6.54 Å². The molecule has 1 aromatic rings. The zero-order valence-corrected chi connectivity index (χ0v) is 10.8. The van der Waals surface area contributed by atoms with Gasteiger partial charge in [-0.15, -0.1) is 0 Å². The summed E-state index contributed by atoms with van der Waals surface area (Å²) in [7, 11) is 0. The van der Waals surface area contributed by atoms with Crippen LogP contribution in [0.25, 0.3) is 0 Å². The van der Waals surface area contributed by atoms with Gasteiger partial charge in [0, 0.05) is 13.1 Å². The number of hydrogen-bond acceptors (Lipinski definition) is 2. The van der Waals surface area contributed by atoms with Crippen molar-refractivity contribution in [2.24, 2.45) is 4.99 Å². The van der Waals surface area contributed by atoms with Crippen LogP contribution in [0, 0.1) is 0 Å². The standard InChI is InChI=1S/C13H23N3O/c1-3-5-6-9-15-13(14-4-2)16-11-12-8-7-10-17-12/h7-8,10H,3-6,9,11H2,1-2H3,(H2,14,15,16). The van der Waals surface area contributed by atoms with Gasteiger partial charge in [-0.05, 0) is 25.5 Å². The topological polar surface area (TPSA) is 49.6 Å². The summed E-state index contributed by atoms with van der Waals surface area (Å²) < 4.78 is 5.24. The zero-order chi connectivity index (χ0) is 12.3. The Hall–Kier alpha value is -1.45. The highest BCUT2D eigenvalue weighted by molar-refractivity contribution is 5.79. The molecule has 0 radical (unpaired) electrons. The first-order valence-electron chi connectivity index (χ1n) is 6.41. The fraction of sp³-hybridized carbons (Fsp3) is 0.615. The first kappa shape index (κ1) is 13.6. The quantitative estimate of drug-likeness (QED) is 0.435. The summed E-state index contributed by atoms with van der Waals surface area (Å²) in [4.78, 5) is 4.45. The SMILES string of the molecule is CCCCCNC(=NCc1ccco1)NCC. The van der Waals surface area contributed by atoms with Crippen LogP contribution in [0.2, 0.25) is 0 Å². The third kappa shape index (κ3) is 6.00. The Morgan fingerprint density at radius 2 is 2.18 bits per heavy atom. The minimum atomic E-state index is 0.579. The first-order chi connectivity index (χ1) is 8.36. The summed E-state index contributed by atoms with van der Waals surface area (Å²) in [5.41, 5.74) is 0. The van der Waals surface area contributed by atoms with E-state index in [1.54, 1.807) is 6.26 Å². The molecule has 96 valence electrons. The van der Waals surface area contributed by atoms with Crippen LogP contribution in [0.3, 0.4) is 0 Å². The van der Waals surface area contributed by atoms with Crippen molar-refractivity contribution in [3.05, 3.63) is 24.2 Å². The molecule has 0 fully saturated rings. The average Bonchev–Trinajstić information content (AvgIpc) is 2.84. The molecule has 0 bridgehead atoms. The maximum absolute atomic E-state index is 5.24. The van der Waals surface area contributed by atoms with Crippen LogP contribution in [0.1, 0.15) is 38.9 Å². The van der Waals surface area contributed by atoms with E-state index < -0.39 is 0 Å². The molecule has 2 N–H and O–H groups in total. The predicted molar refractivity (Wildman–Crippen MR) is 71.1 cm³/mol. The molecule has 1 heterocycles. The van der Waals surface area contributed by atoms with Crippen LogP contribution in [0.5, 0.6) is 0 Å². The van der Waals surface area contributed by atoms with Gasteiger partial charge < -0.3 is 15.1 Å². The zero-order valence-electron chi connectivity index (χ0n) is 10.8. The number of rotatable bonds is 7. The minimum absolute atomic E-state index is 0.579. The Morgan fingerprint density at radius 1 is 1.29 bits per heavy atom. The summed E-state index contributed by atoms with van der Waals surface area (Å²) in [5, 5.41) is 6.53. The van der Waals surface area contributed by atoms with Crippen LogP contribution in [-0.4, -0.2) is 19.0 Å². The molecule has 0 aromatic carbocycles. The number of nitrogens with zero attached hydrogens (tertiary/aromatic N) is 1. The summed E-state index contributed by atoms with van der Waals surface area (Å²) in [6.07, 6.45) is 5.35. The molecule has 0 atom stereocenters. The van der Waals surface area contributed by atoms with Crippen molar-refractivity contribution in [1.82, 2.24) is 10.6 Å². The van der Waals surface area contributed by atoms with E-state index in [-0.39, 0.29) is 0 Å². The van der Waals surface area contributed by atoms with E-state index in [4.69, 9.17) is 4.42 Å². The van der Waals surface area contributed by atoms with Crippen molar-refractivity contribution in [1.29, 1.82) is 0 Å². The van der Waals surface area contributed by atoms with Crippen LogP contribution in [0.15, 0.2) is 27.8 Å². The molecule has 0 saturated heterocycles. The first-order valence-corrected chi connectivity index (χ1v) is 6.41. The molecular formula is C13H23N3O. The Labute approximate surface area is 104 Å². The highest BCUT2D eigenvalue weighted by Gasteiger charge is 1.98. The second-order valence-corrected chi connectivity index (χ2v) is 3.91. The smallest absolute Gasteiger partial charge is 0.191 e. The molecule has 17 heavy (non-hydrogen) atoms. The van der Waals surface area contributed by atoms with Gasteiger partial charge in [0.05, 0.1) is 6.26 Å². The number of guanidine groups is 1. The van der Waals surface area contributed by atoms with Crippen LogP contribution in [0.4, 0.5) is 0 Å². The van der Waals surface area contributed by atoms with Crippen molar-refractivity contribution in [2.45, 2.75) is 39.7 Å². The third-order valence-corrected chi connectivity index (χ3v) is 2.39. The average molecular weight is 237 g/mol. The van der Waals surface area contributed by atoms with E-state index in [0.717, 1.165) is 24.8 Å². The highest BCUT2D eigenvalue weighted by atomic mass is 16.3. The maximum Gasteiger partial charge on any atom is 0.191 e. The lowest BCUT2D eigenvalue weighted by atomic mass is 10.2. The maximum atomic E-state index is 5.24. The second-order valence-electron chi connectivity index (χ2n) is 3.91. The molecular weight excluding hydrogens is 214 g/mol. The summed E-state index contributed by atoms with van der Waals surface area (Å²) in [6, 6.07) is 3.82. The van der Waals surface area contributed by atoms with Gasteiger partial charge in [-0.1, -0.05) is 19.8 Å². The van der Waals surface area contributed by atoms with Gasteiger partial charge in [0.2, 0.25) is 0 Å². The Morgan fingerprint density at radius 3 is 2.82 bits per heavy atom. The normalized spacial score (nSPS) is 11.5. The van der Waals surface area contributed by atoms with Gasteiger partial charge in [0.1, 0.15) is 12.3 Å². The van der Waals surface area contributed by atoms with Gasteiger partial charge in [0.15, 0.2) is 5.96 Å². The fourth-order valence-corrected chi connectivity index (χ4v) is 1.48. The van der Waals surface area contributed by atoms with Crippen LogP contribution < -0.4 is 10.6 Å². The molecule has 0 unspecified atom stereocenters. The van der Waals surface area contributed by atoms with Crippen molar-refractivity contribution in [3.63, 3.8) is 0 Å². The second kappa shape index (κ2) is 8.67. The molecule has 0 spiro atoms. The van der Waals surface area contributed by atoms with E-state index in [1.165, 1.54) is 19.3 Å². The Balaban J connectivity index is 2.33. The number of nitrogens with one attached hydrogen (secondary N) is 2. The highest BCUT2D eigenvalue weighted by Crippen LogP contribution is 2.01. The van der Waals surface area contributed by atoms with Crippen molar-refractivity contribution in [2.75, 3.05) is 13.1 Å². The van der Waals surface area contributed by atoms with Gasteiger partial charge in [-0.2, -0.15) is 0 Å². The molecule has 0 saturated carbocycles. The lowest BCUT2D eigenvalue weighted by molar-refractivity contribution is 0.512. The number of aliphatic imine (C=N–C) groups is 1. The molecule has 0 aliphatic carbocycles. The largest absolute Gasteiger partial charge is 0.467 e. The molecule has 0 aliphatic rings. The monoisotopic (exact) mass is 237 g/mol. The van der Waals surface area contributed by atoms with Gasteiger partial charge >= 0.3 is 0 Å². The van der Waals surface area contributed by atoms with E-state index in [9.17, 15) is 0 Å². The van der Waals surface area contributed by atoms with Crippen molar-refractivity contribution < 1.29 is 4.42 Å².